The van der Waals surface area contributed by atoms with Gasteiger partial charge in [-0.25, -0.2) is 4.79 Å². The molecule has 0 bridgehead atoms. The van der Waals surface area contributed by atoms with Gasteiger partial charge in [0, 0.05) is 30.7 Å². The molecule has 0 atom stereocenters. The van der Waals surface area contributed by atoms with E-state index in [4.69, 9.17) is 5.11 Å². The van der Waals surface area contributed by atoms with Gasteiger partial charge in [-0.1, -0.05) is 0 Å². The van der Waals surface area contributed by atoms with Gasteiger partial charge in [0.25, 0.3) is 0 Å². The fourth-order valence-corrected chi connectivity index (χ4v) is 3.53. The van der Waals surface area contributed by atoms with Gasteiger partial charge in [-0.15, -0.1) is 0 Å². The topological polar surface area (TPSA) is 58.4 Å². The highest BCUT2D eigenvalue weighted by molar-refractivity contribution is 5.66. The SMILES string of the molecule is Cc1cc(C(F)(F)F)nn1CC1CC2(C1)CN(C(=O)O)C2. The minimum Gasteiger partial charge on any atom is -0.465 e. The Balaban J connectivity index is 1.56. The van der Waals surface area contributed by atoms with Gasteiger partial charge in [0.2, 0.25) is 0 Å². The number of rotatable bonds is 2. The molecule has 0 unspecified atom stereocenters. The van der Waals surface area contributed by atoms with Gasteiger partial charge in [-0.3, -0.25) is 4.68 Å². The fraction of sp³-hybridized carbons (Fsp3) is 0.692. The average molecular weight is 303 g/mol. The maximum Gasteiger partial charge on any atom is 0.435 e. The molecule has 0 aromatic carbocycles. The van der Waals surface area contributed by atoms with Crippen molar-refractivity contribution in [3.8, 4) is 0 Å². The molecule has 1 aliphatic carbocycles. The van der Waals surface area contributed by atoms with E-state index in [2.05, 4.69) is 5.10 Å². The molecule has 1 amide bonds. The second-order valence-electron chi connectivity index (χ2n) is 6.26. The summed E-state index contributed by atoms with van der Waals surface area (Å²) >= 11 is 0. The van der Waals surface area contributed by atoms with Crippen molar-refractivity contribution in [1.29, 1.82) is 0 Å². The highest BCUT2D eigenvalue weighted by Gasteiger charge is 2.53. The van der Waals surface area contributed by atoms with E-state index in [-0.39, 0.29) is 11.3 Å². The summed E-state index contributed by atoms with van der Waals surface area (Å²) in [7, 11) is 0. The second-order valence-corrected chi connectivity index (χ2v) is 6.26. The van der Waals surface area contributed by atoms with E-state index in [1.165, 1.54) is 9.58 Å². The molecular formula is C13H16F3N3O2. The zero-order valence-electron chi connectivity index (χ0n) is 11.5. The number of carboxylic acid groups (broad SMARTS) is 1. The third-order valence-corrected chi connectivity index (χ3v) is 4.47. The summed E-state index contributed by atoms with van der Waals surface area (Å²) in [4.78, 5) is 12.1. The predicted molar refractivity (Wildman–Crippen MR) is 66.7 cm³/mol. The molecule has 8 heteroatoms. The van der Waals surface area contributed by atoms with Crippen molar-refractivity contribution in [1.82, 2.24) is 14.7 Å². The van der Waals surface area contributed by atoms with Gasteiger partial charge < -0.3 is 10.0 Å². The third kappa shape index (κ3) is 2.47. The van der Waals surface area contributed by atoms with Crippen LogP contribution in [-0.4, -0.2) is 39.0 Å². The Bertz CT molecular complexity index is 568. The molecule has 1 N–H and O–H groups in total. The smallest absolute Gasteiger partial charge is 0.435 e. The van der Waals surface area contributed by atoms with E-state index >= 15 is 0 Å². The van der Waals surface area contributed by atoms with Crippen LogP contribution in [0.3, 0.4) is 0 Å². The van der Waals surface area contributed by atoms with E-state index < -0.39 is 18.0 Å². The lowest BCUT2D eigenvalue weighted by atomic mass is 9.58. The maximum absolute atomic E-state index is 12.6. The predicted octanol–water partition coefficient (Wildman–Crippen LogP) is 2.60. The molecule has 0 radical (unpaired) electrons. The number of amides is 1. The van der Waals surface area contributed by atoms with E-state index in [1.807, 2.05) is 0 Å². The summed E-state index contributed by atoms with van der Waals surface area (Å²) in [6, 6.07) is 1.06. The van der Waals surface area contributed by atoms with Gasteiger partial charge in [-0.2, -0.15) is 18.3 Å². The molecule has 1 aliphatic heterocycles. The first-order valence-electron chi connectivity index (χ1n) is 6.78. The van der Waals surface area contributed by atoms with Crippen molar-refractivity contribution in [2.24, 2.45) is 11.3 Å². The van der Waals surface area contributed by atoms with E-state index in [9.17, 15) is 18.0 Å². The summed E-state index contributed by atoms with van der Waals surface area (Å²) in [5.41, 5.74) is -0.282. The number of aromatic nitrogens is 2. The van der Waals surface area contributed by atoms with Crippen molar-refractivity contribution in [3.05, 3.63) is 17.5 Å². The molecule has 5 nitrogen and oxygen atoms in total. The first-order chi connectivity index (χ1) is 9.68. The van der Waals surface area contributed by atoms with Crippen LogP contribution in [0.4, 0.5) is 18.0 Å². The van der Waals surface area contributed by atoms with Crippen LogP contribution < -0.4 is 0 Å². The number of likely N-dealkylation sites (tertiary alicyclic amines) is 1. The van der Waals surface area contributed by atoms with Gasteiger partial charge in [0.15, 0.2) is 5.69 Å². The molecule has 2 fully saturated rings. The molecule has 2 aliphatic rings. The molecule has 3 rings (SSSR count). The Morgan fingerprint density at radius 2 is 2.10 bits per heavy atom. The number of hydrogen-bond acceptors (Lipinski definition) is 2. The van der Waals surface area contributed by atoms with Gasteiger partial charge in [-0.05, 0) is 31.7 Å². The Kier molecular flexibility index (Phi) is 2.97. The van der Waals surface area contributed by atoms with Crippen molar-refractivity contribution < 1.29 is 23.1 Å². The Morgan fingerprint density at radius 3 is 2.57 bits per heavy atom. The molecule has 1 saturated heterocycles. The maximum atomic E-state index is 12.6. The quantitative estimate of drug-likeness (QED) is 0.913. The van der Waals surface area contributed by atoms with Gasteiger partial charge in [0.05, 0.1) is 0 Å². The summed E-state index contributed by atoms with van der Waals surface area (Å²) < 4.78 is 39.2. The van der Waals surface area contributed by atoms with Crippen LogP contribution in [0.1, 0.15) is 24.2 Å². The van der Waals surface area contributed by atoms with Crippen LogP contribution >= 0.6 is 0 Å². The van der Waals surface area contributed by atoms with Crippen LogP contribution in [0.15, 0.2) is 6.07 Å². The lowest BCUT2D eigenvalue weighted by Crippen LogP contribution is -2.63. The van der Waals surface area contributed by atoms with Crippen molar-refractivity contribution in [2.75, 3.05) is 13.1 Å². The van der Waals surface area contributed by atoms with Crippen LogP contribution in [0.5, 0.6) is 0 Å². The monoisotopic (exact) mass is 303 g/mol. The molecule has 1 aromatic heterocycles. The minimum atomic E-state index is -4.41. The molecule has 1 saturated carbocycles. The van der Waals surface area contributed by atoms with Crippen LogP contribution in [0, 0.1) is 18.3 Å². The minimum absolute atomic E-state index is 0.0664. The normalized spacial score (nSPS) is 21.2. The standard InChI is InChI=1S/C13H16F3N3O2/c1-8-2-10(13(14,15)16)17-19(8)5-9-3-12(4-9)6-18(7-12)11(20)21/h2,9H,3-7H2,1H3,(H,20,21). The Hall–Kier alpha value is -1.73. The number of alkyl halides is 3. The van der Waals surface area contributed by atoms with Gasteiger partial charge >= 0.3 is 12.3 Å². The first kappa shape index (κ1) is 14.2. The fourth-order valence-electron chi connectivity index (χ4n) is 3.53. The van der Waals surface area contributed by atoms with Crippen molar-refractivity contribution in [3.63, 3.8) is 0 Å². The summed E-state index contributed by atoms with van der Waals surface area (Å²) in [5, 5.41) is 12.4. The number of aryl methyl sites for hydroxylation is 1. The number of hydrogen-bond donors (Lipinski definition) is 1. The van der Waals surface area contributed by atoms with E-state index in [1.54, 1.807) is 6.92 Å². The zero-order valence-corrected chi connectivity index (χ0v) is 11.5. The third-order valence-electron chi connectivity index (χ3n) is 4.47. The number of halogens is 3. The summed E-state index contributed by atoms with van der Waals surface area (Å²) in [6.07, 6.45) is -3.59. The molecule has 1 aromatic rings. The number of carbonyl (C=O) groups is 1. The summed E-state index contributed by atoms with van der Waals surface area (Å²) in [5.74, 6) is 0.278. The molecule has 21 heavy (non-hydrogen) atoms. The highest BCUT2D eigenvalue weighted by Crippen LogP contribution is 2.52. The van der Waals surface area contributed by atoms with E-state index in [0.29, 0.717) is 25.3 Å². The summed E-state index contributed by atoms with van der Waals surface area (Å²) in [6.45, 7) is 3.18. The Morgan fingerprint density at radius 1 is 1.48 bits per heavy atom. The average Bonchev–Trinajstić information content (AvgIpc) is 2.60. The first-order valence-corrected chi connectivity index (χ1v) is 6.78. The lowest BCUT2D eigenvalue weighted by Gasteiger charge is -2.58. The van der Waals surface area contributed by atoms with Crippen LogP contribution in [0.2, 0.25) is 0 Å². The van der Waals surface area contributed by atoms with Crippen molar-refractivity contribution >= 4 is 6.09 Å². The Labute approximate surface area is 119 Å². The molecular weight excluding hydrogens is 287 g/mol. The molecule has 1 spiro atoms. The molecule has 116 valence electrons. The van der Waals surface area contributed by atoms with E-state index in [0.717, 1.165) is 18.9 Å². The van der Waals surface area contributed by atoms with Gasteiger partial charge in [0.1, 0.15) is 0 Å². The molecule has 2 heterocycles. The lowest BCUT2D eigenvalue weighted by molar-refractivity contribution is -0.141. The number of nitrogens with zero attached hydrogens (tertiary/aromatic N) is 3. The highest BCUT2D eigenvalue weighted by atomic mass is 19.4. The van der Waals surface area contributed by atoms with Crippen molar-refractivity contribution in [2.45, 2.75) is 32.5 Å². The van der Waals surface area contributed by atoms with Crippen LogP contribution in [0.25, 0.3) is 0 Å². The largest absolute Gasteiger partial charge is 0.465 e. The van der Waals surface area contributed by atoms with Crippen LogP contribution in [-0.2, 0) is 12.7 Å². The second kappa shape index (κ2) is 4.38. The zero-order chi connectivity index (χ0) is 15.4.